The molecule has 0 heterocycles. The summed E-state index contributed by atoms with van der Waals surface area (Å²) in [4.78, 5) is 0. The number of phenols is 1. The van der Waals surface area contributed by atoms with Gasteiger partial charge in [0.05, 0.1) is 6.61 Å². The number of halogens is 3. The first kappa shape index (κ1) is 22.5. The van der Waals surface area contributed by atoms with Crippen molar-refractivity contribution in [1.82, 2.24) is 0 Å². The fourth-order valence-corrected chi connectivity index (χ4v) is 2.78. The zero-order chi connectivity index (χ0) is 17.2. The highest BCUT2D eigenvalue weighted by Crippen LogP contribution is 2.08. The van der Waals surface area contributed by atoms with Gasteiger partial charge >= 0.3 is 0 Å². The van der Waals surface area contributed by atoms with Crippen LogP contribution in [0.25, 0.3) is 0 Å². The molecule has 128 valence electrons. The van der Waals surface area contributed by atoms with E-state index in [9.17, 15) is 0 Å². The highest BCUT2D eigenvalue weighted by molar-refractivity contribution is 9.09. The molecule has 0 amide bonds. The average Bonchev–Trinajstić information content (AvgIpc) is 2.59. The largest absolute Gasteiger partial charge is 0.508 e. The van der Waals surface area contributed by atoms with E-state index < -0.39 is 0 Å². The van der Waals surface area contributed by atoms with Gasteiger partial charge in [-0.1, -0.05) is 84.2 Å². The Bertz CT molecular complexity index is 450. The lowest BCUT2D eigenvalue weighted by molar-refractivity contribution is 0.319. The number of aromatic hydroxyl groups is 1. The molecule has 0 aliphatic rings. The van der Waals surface area contributed by atoms with Crippen molar-refractivity contribution in [3.8, 4) is 11.5 Å². The number of hydrogen-bond acceptors (Lipinski definition) is 2. The third-order valence-electron chi connectivity index (χ3n) is 2.31. The Kier molecular flexibility index (Phi) is 17.4. The summed E-state index contributed by atoms with van der Waals surface area (Å²) in [6, 6.07) is 18.6. The van der Waals surface area contributed by atoms with Gasteiger partial charge in [-0.3, -0.25) is 0 Å². The third kappa shape index (κ3) is 16.1. The van der Waals surface area contributed by atoms with Crippen molar-refractivity contribution in [2.45, 2.75) is 12.8 Å². The minimum atomic E-state index is 0.322. The first-order chi connectivity index (χ1) is 11.2. The fraction of sp³-hybridized carbons (Fsp3) is 0.333. The van der Waals surface area contributed by atoms with Crippen LogP contribution in [-0.4, -0.2) is 27.7 Å². The molecule has 0 saturated heterocycles. The SMILES string of the molecule is BrCCCBr.BrCCCOc1ccccc1.Oc1ccccc1. The second-order valence-corrected chi connectivity index (χ2v) is 6.65. The summed E-state index contributed by atoms with van der Waals surface area (Å²) in [5.41, 5.74) is 0. The van der Waals surface area contributed by atoms with Gasteiger partial charge in [-0.05, 0) is 37.1 Å². The summed E-state index contributed by atoms with van der Waals surface area (Å²) in [5.74, 6) is 1.27. The summed E-state index contributed by atoms with van der Waals surface area (Å²) in [7, 11) is 0. The Morgan fingerprint density at radius 3 is 1.52 bits per heavy atom. The summed E-state index contributed by atoms with van der Waals surface area (Å²) in [5, 5.41) is 11.9. The lowest BCUT2D eigenvalue weighted by atomic mass is 10.3. The van der Waals surface area contributed by atoms with Crippen LogP contribution in [0.1, 0.15) is 12.8 Å². The minimum Gasteiger partial charge on any atom is -0.508 e. The van der Waals surface area contributed by atoms with Gasteiger partial charge in [0, 0.05) is 16.0 Å². The molecule has 2 aromatic carbocycles. The molecule has 0 aliphatic carbocycles. The number of alkyl halides is 3. The molecule has 2 nitrogen and oxygen atoms in total. The first-order valence-corrected chi connectivity index (χ1v) is 10.7. The van der Waals surface area contributed by atoms with Crippen LogP contribution in [-0.2, 0) is 0 Å². The van der Waals surface area contributed by atoms with Gasteiger partial charge in [-0.25, -0.2) is 0 Å². The maximum Gasteiger partial charge on any atom is 0.119 e. The van der Waals surface area contributed by atoms with Gasteiger partial charge in [-0.15, -0.1) is 0 Å². The molecule has 5 heteroatoms. The molecule has 0 fully saturated rings. The molecule has 2 rings (SSSR count). The first-order valence-electron chi connectivity index (χ1n) is 7.34. The van der Waals surface area contributed by atoms with E-state index in [1.54, 1.807) is 24.3 Å². The zero-order valence-electron chi connectivity index (χ0n) is 13.0. The van der Waals surface area contributed by atoms with Gasteiger partial charge in [0.25, 0.3) is 0 Å². The molecular weight excluding hydrogens is 488 g/mol. The summed E-state index contributed by atoms with van der Waals surface area (Å²) in [6.07, 6.45) is 2.27. The molecular formula is C18H23Br3O2. The Balaban J connectivity index is 0.000000347. The van der Waals surface area contributed by atoms with Crippen LogP contribution in [0.3, 0.4) is 0 Å². The Morgan fingerprint density at radius 1 is 0.696 bits per heavy atom. The molecule has 2 aromatic rings. The predicted molar refractivity (Wildman–Crippen MR) is 111 cm³/mol. The molecule has 0 unspecified atom stereocenters. The van der Waals surface area contributed by atoms with E-state index >= 15 is 0 Å². The Labute approximate surface area is 164 Å². The van der Waals surface area contributed by atoms with Gasteiger partial charge in [0.1, 0.15) is 11.5 Å². The minimum absolute atomic E-state index is 0.322. The van der Waals surface area contributed by atoms with E-state index in [1.165, 1.54) is 6.42 Å². The second-order valence-electron chi connectivity index (χ2n) is 4.27. The Hall–Kier alpha value is -0.520. The van der Waals surface area contributed by atoms with Gasteiger partial charge in [0.15, 0.2) is 0 Å². The molecule has 0 bridgehead atoms. The summed E-state index contributed by atoms with van der Waals surface area (Å²) in [6.45, 7) is 0.787. The Morgan fingerprint density at radius 2 is 1.17 bits per heavy atom. The van der Waals surface area contributed by atoms with Crippen molar-refractivity contribution >= 4 is 47.8 Å². The second kappa shape index (κ2) is 17.8. The molecule has 1 N–H and O–H groups in total. The van der Waals surface area contributed by atoms with Crippen molar-refractivity contribution in [1.29, 1.82) is 0 Å². The van der Waals surface area contributed by atoms with Crippen LogP contribution in [0.2, 0.25) is 0 Å². The van der Waals surface area contributed by atoms with E-state index in [1.807, 2.05) is 36.4 Å². The number of hydrogen-bond donors (Lipinski definition) is 1. The quantitative estimate of drug-likeness (QED) is 0.359. The summed E-state index contributed by atoms with van der Waals surface area (Å²) < 4.78 is 5.42. The van der Waals surface area contributed by atoms with Crippen molar-refractivity contribution in [3.63, 3.8) is 0 Å². The van der Waals surface area contributed by atoms with Crippen LogP contribution in [0, 0.1) is 0 Å². The molecule has 0 aliphatic heterocycles. The molecule has 0 saturated carbocycles. The van der Waals surface area contributed by atoms with Crippen molar-refractivity contribution in [2.24, 2.45) is 0 Å². The van der Waals surface area contributed by atoms with E-state index in [0.29, 0.717) is 5.75 Å². The summed E-state index contributed by atoms with van der Waals surface area (Å²) >= 11 is 9.90. The van der Waals surface area contributed by atoms with Crippen LogP contribution in [0.15, 0.2) is 60.7 Å². The molecule has 0 radical (unpaired) electrons. The predicted octanol–water partition coefficient (Wildman–Crippen LogP) is 6.41. The van der Waals surface area contributed by atoms with Crippen LogP contribution < -0.4 is 4.74 Å². The van der Waals surface area contributed by atoms with E-state index in [0.717, 1.165) is 34.8 Å². The number of ether oxygens (including phenoxy) is 1. The van der Waals surface area contributed by atoms with E-state index in [2.05, 4.69) is 47.8 Å². The van der Waals surface area contributed by atoms with Crippen LogP contribution >= 0.6 is 47.8 Å². The lowest BCUT2D eigenvalue weighted by Gasteiger charge is -2.02. The number of phenolic OH excluding ortho intramolecular Hbond substituents is 1. The number of para-hydroxylation sites is 2. The monoisotopic (exact) mass is 508 g/mol. The van der Waals surface area contributed by atoms with Crippen molar-refractivity contribution in [3.05, 3.63) is 60.7 Å². The number of benzene rings is 2. The molecule has 0 atom stereocenters. The van der Waals surface area contributed by atoms with Gasteiger partial charge in [-0.2, -0.15) is 0 Å². The highest BCUT2D eigenvalue weighted by atomic mass is 79.9. The lowest BCUT2D eigenvalue weighted by Crippen LogP contribution is -1.96. The fourth-order valence-electron chi connectivity index (χ4n) is 1.24. The zero-order valence-corrected chi connectivity index (χ0v) is 17.8. The third-order valence-corrected chi connectivity index (χ3v) is 4.00. The topological polar surface area (TPSA) is 29.5 Å². The highest BCUT2D eigenvalue weighted by Gasteiger charge is 1.88. The maximum absolute atomic E-state index is 8.63. The smallest absolute Gasteiger partial charge is 0.119 e. The molecule has 23 heavy (non-hydrogen) atoms. The standard InChI is InChI=1S/C9H11BrO.C6H6O.C3H6Br2/c10-7-4-8-11-9-5-2-1-3-6-9;7-6-4-2-1-3-5-6;4-2-1-3-5/h1-3,5-6H,4,7-8H2;1-5,7H;1-3H2. The normalized spacial score (nSPS) is 9.00. The van der Waals surface area contributed by atoms with Crippen LogP contribution in [0.4, 0.5) is 0 Å². The maximum atomic E-state index is 8.63. The van der Waals surface area contributed by atoms with Crippen LogP contribution in [0.5, 0.6) is 11.5 Å². The molecule has 0 aromatic heterocycles. The van der Waals surface area contributed by atoms with E-state index in [-0.39, 0.29) is 0 Å². The average molecular weight is 511 g/mol. The van der Waals surface area contributed by atoms with Crippen molar-refractivity contribution in [2.75, 3.05) is 22.6 Å². The number of rotatable bonds is 6. The van der Waals surface area contributed by atoms with Gasteiger partial charge in [0.2, 0.25) is 0 Å². The molecule has 0 spiro atoms. The van der Waals surface area contributed by atoms with Gasteiger partial charge < -0.3 is 9.84 Å². The van der Waals surface area contributed by atoms with E-state index in [4.69, 9.17) is 9.84 Å². The van der Waals surface area contributed by atoms with Crippen molar-refractivity contribution < 1.29 is 9.84 Å².